The number of aryl methyl sites for hydroxylation is 1. The lowest BCUT2D eigenvalue weighted by Crippen LogP contribution is -2.15. The van der Waals surface area contributed by atoms with Gasteiger partial charge in [-0.2, -0.15) is 0 Å². The highest BCUT2D eigenvalue weighted by Crippen LogP contribution is 2.34. The molecule has 1 unspecified atom stereocenters. The quantitative estimate of drug-likeness (QED) is 0.870. The van der Waals surface area contributed by atoms with Crippen LogP contribution in [0.3, 0.4) is 0 Å². The summed E-state index contributed by atoms with van der Waals surface area (Å²) in [5.74, 6) is 0.770. The van der Waals surface area contributed by atoms with Crippen LogP contribution in [0, 0.1) is 6.92 Å². The van der Waals surface area contributed by atoms with Gasteiger partial charge < -0.3 is 15.6 Å². The number of aliphatic hydroxyl groups is 1. The van der Waals surface area contributed by atoms with E-state index in [9.17, 15) is 0 Å². The minimum absolute atomic E-state index is 0.0786. The molecule has 4 heteroatoms. The summed E-state index contributed by atoms with van der Waals surface area (Å²) in [4.78, 5) is 0. The van der Waals surface area contributed by atoms with Gasteiger partial charge in [0.2, 0.25) is 0 Å². The van der Waals surface area contributed by atoms with Gasteiger partial charge in [-0.05, 0) is 34.0 Å². The van der Waals surface area contributed by atoms with Crippen LogP contribution in [-0.4, -0.2) is 18.8 Å². The Morgan fingerprint density at radius 3 is 2.71 bits per heavy atom. The number of halogens is 1. The number of nitrogens with two attached hydrogens (primary N) is 1. The Morgan fingerprint density at radius 1 is 1.57 bits per heavy atom. The van der Waals surface area contributed by atoms with Gasteiger partial charge in [-0.25, -0.2) is 0 Å². The molecular formula is C10H14BrNO2. The first-order valence-corrected chi connectivity index (χ1v) is 5.10. The summed E-state index contributed by atoms with van der Waals surface area (Å²) in [6.45, 7) is 1.88. The van der Waals surface area contributed by atoms with Crippen molar-refractivity contribution in [2.75, 3.05) is 13.7 Å². The first kappa shape index (κ1) is 11.5. The van der Waals surface area contributed by atoms with Gasteiger partial charge in [0, 0.05) is 0 Å². The van der Waals surface area contributed by atoms with E-state index >= 15 is 0 Å². The number of hydrogen-bond donors (Lipinski definition) is 2. The molecule has 14 heavy (non-hydrogen) atoms. The number of benzene rings is 1. The van der Waals surface area contributed by atoms with Gasteiger partial charge in [-0.1, -0.05) is 12.1 Å². The second-order valence-corrected chi connectivity index (χ2v) is 3.90. The summed E-state index contributed by atoms with van der Waals surface area (Å²) >= 11 is 3.42. The predicted molar refractivity (Wildman–Crippen MR) is 59.4 cm³/mol. The average Bonchev–Trinajstić information content (AvgIpc) is 2.18. The number of hydrogen-bond acceptors (Lipinski definition) is 3. The number of methoxy groups -OCH3 is 1. The Morgan fingerprint density at radius 2 is 2.21 bits per heavy atom. The molecule has 0 aliphatic carbocycles. The maximum absolute atomic E-state index is 8.96. The predicted octanol–water partition coefficient (Wildman–Crippen LogP) is 1.76. The van der Waals surface area contributed by atoms with Crippen LogP contribution in [0.4, 0.5) is 0 Å². The summed E-state index contributed by atoms with van der Waals surface area (Å²) in [6, 6.07) is 3.44. The van der Waals surface area contributed by atoms with Gasteiger partial charge in [0.15, 0.2) is 0 Å². The highest BCUT2D eigenvalue weighted by Gasteiger charge is 2.13. The van der Waals surface area contributed by atoms with Gasteiger partial charge in [0.05, 0.1) is 24.2 Å². The summed E-state index contributed by atoms with van der Waals surface area (Å²) < 4.78 is 6.05. The van der Waals surface area contributed by atoms with Crippen molar-refractivity contribution >= 4 is 15.9 Å². The Labute approximate surface area is 92.0 Å². The van der Waals surface area contributed by atoms with Crippen LogP contribution < -0.4 is 10.5 Å². The Bertz CT molecular complexity index is 328. The maximum atomic E-state index is 8.96. The van der Waals surface area contributed by atoms with E-state index in [1.165, 1.54) is 0 Å². The fourth-order valence-corrected chi connectivity index (χ4v) is 2.20. The topological polar surface area (TPSA) is 55.5 Å². The highest BCUT2D eigenvalue weighted by atomic mass is 79.9. The van der Waals surface area contributed by atoms with Crippen LogP contribution in [0.25, 0.3) is 0 Å². The molecule has 0 spiro atoms. The summed E-state index contributed by atoms with van der Waals surface area (Å²) in [5.41, 5.74) is 7.63. The highest BCUT2D eigenvalue weighted by molar-refractivity contribution is 9.10. The zero-order chi connectivity index (χ0) is 10.7. The second kappa shape index (κ2) is 4.77. The van der Waals surface area contributed by atoms with Crippen molar-refractivity contribution in [2.24, 2.45) is 5.73 Å². The molecule has 0 fully saturated rings. The van der Waals surface area contributed by atoms with Crippen molar-refractivity contribution in [3.05, 3.63) is 27.7 Å². The first-order chi connectivity index (χ1) is 6.61. The largest absolute Gasteiger partial charge is 0.495 e. The average molecular weight is 260 g/mol. The van der Waals surface area contributed by atoms with Crippen LogP contribution in [0.5, 0.6) is 5.75 Å². The molecule has 1 aromatic rings. The first-order valence-electron chi connectivity index (χ1n) is 4.31. The van der Waals surface area contributed by atoms with E-state index in [4.69, 9.17) is 15.6 Å². The molecule has 0 aliphatic rings. The van der Waals surface area contributed by atoms with Gasteiger partial charge in [-0.15, -0.1) is 0 Å². The number of aliphatic hydroxyl groups excluding tert-OH is 1. The smallest absolute Gasteiger partial charge is 0.136 e. The molecule has 0 radical (unpaired) electrons. The zero-order valence-electron chi connectivity index (χ0n) is 8.25. The molecule has 3 N–H and O–H groups in total. The number of rotatable bonds is 3. The minimum Gasteiger partial charge on any atom is -0.495 e. The SMILES string of the molecule is COc1c(C)ccc(C(N)CO)c1Br. The maximum Gasteiger partial charge on any atom is 0.136 e. The molecule has 1 aromatic carbocycles. The van der Waals surface area contributed by atoms with Gasteiger partial charge in [0.25, 0.3) is 0 Å². The van der Waals surface area contributed by atoms with E-state index in [-0.39, 0.29) is 12.6 Å². The van der Waals surface area contributed by atoms with E-state index < -0.39 is 0 Å². The Hall–Kier alpha value is -0.580. The van der Waals surface area contributed by atoms with Crippen molar-refractivity contribution in [3.8, 4) is 5.75 Å². The molecule has 0 amide bonds. The lowest BCUT2D eigenvalue weighted by Gasteiger charge is -2.15. The van der Waals surface area contributed by atoms with Crippen molar-refractivity contribution in [2.45, 2.75) is 13.0 Å². The van der Waals surface area contributed by atoms with Gasteiger partial charge in [-0.3, -0.25) is 0 Å². The van der Waals surface area contributed by atoms with Gasteiger partial charge in [0.1, 0.15) is 5.75 Å². The van der Waals surface area contributed by atoms with Gasteiger partial charge >= 0.3 is 0 Å². The van der Waals surface area contributed by atoms with Crippen molar-refractivity contribution < 1.29 is 9.84 Å². The van der Waals surface area contributed by atoms with Crippen LogP contribution in [0.15, 0.2) is 16.6 Å². The standard InChI is InChI=1S/C10H14BrNO2/c1-6-3-4-7(8(12)5-13)9(11)10(6)14-2/h3-4,8,13H,5,12H2,1-2H3. The summed E-state index contributed by atoms with van der Waals surface area (Å²) in [5, 5.41) is 8.96. The van der Waals surface area contributed by atoms with E-state index in [0.717, 1.165) is 21.3 Å². The monoisotopic (exact) mass is 259 g/mol. The summed E-state index contributed by atoms with van der Waals surface area (Å²) in [6.07, 6.45) is 0. The summed E-state index contributed by atoms with van der Waals surface area (Å²) in [7, 11) is 1.61. The molecule has 78 valence electrons. The molecule has 0 aliphatic heterocycles. The third-order valence-corrected chi connectivity index (χ3v) is 2.94. The fraction of sp³-hybridized carbons (Fsp3) is 0.400. The molecule has 0 saturated carbocycles. The molecule has 0 heterocycles. The zero-order valence-corrected chi connectivity index (χ0v) is 9.84. The third kappa shape index (κ3) is 2.08. The fourth-order valence-electron chi connectivity index (χ4n) is 1.30. The Kier molecular flexibility index (Phi) is 3.92. The van der Waals surface area contributed by atoms with E-state index in [2.05, 4.69) is 15.9 Å². The van der Waals surface area contributed by atoms with Crippen molar-refractivity contribution in [1.82, 2.24) is 0 Å². The van der Waals surface area contributed by atoms with E-state index in [0.29, 0.717) is 0 Å². The van der Waals surface area contributed by atoms with Crippen LogP contribution in [-0.2, 0) is 0 Å². The molecule has 1 atom stereocenters. The molecule has 0 aromatic heterocycles. The third-order valence-electron chi connectivity index (χ3n) is 2.12. The molecule has 0 bridgehead atoms. The minimum atomic E-state index is -0.376. The van der Waals surface area contributed by atoms with Crippen molar-refractivity contribution in [1.29, 1.82) is 0 Å². The molecular weight excluding hydrogens is 246 g/mol. The lowest BCUT2D eigenvalue weighted by molar-refractivity contribution is 0.267. The van der Waals surface area contributed by atoms with Crippen molar-refractivity contribution in [3.63, 3.8) is 0 Å². The van der Waals surface area contributed by atoms with E-state index in [1.807, 2.05) is 19.1 Å². The Balaban J connectivity index is 3.21. The molecule has 0 saturated heterocycles. The van der Waals surface area contributed by atoms with E-state index in [1.54, 1.807) is 7.11 Å². The second-order valence-electron chi connectivity index (χ2n) is 3.11. The van der Waals surface area contributed by atoms with Crippen LogP contribution in [0.1, 0.15) is 17.2 Å². The normalized spacial score (nSPS) is 12.6. The number of ether oxygens (including phenoxy) is 1. The molecule has 3 nitrogen and oxygen atoms in total. The molecule has 1 rings (SSSR count). The van der Waals surface area contributed by atoms with Crippen LogP contribution >= 0.6 is 15.9 Å². The van der Waals surface area contributed by atoms with Crippen LogP contribution in [0.2, 0.25) is 0 Å². The lowest BCUT2D eigenvalue weighted by atomic mass is 10.1.